The van der Waals surface area contributed by atoms with E-state index in [1.54, 1.807) is 7.11 Å². The van der Waals surface area contributed by atoms with E-state index in [1.807, 2.05) is 18.7 Å². The molecule has 2 aliphatic rings. The highest BCUT2D eigenvalue weighted by atomic mass is 16.5. The van der Waals surface area contributed by atoms with Crippen molar-refractivity contribution >= 4 is 11.8 Å². The number of nitrogens with zero attached hydrogens (tertiary/aromatic N) is 1. The maximum Gasteiger partial charge on any atom is 0.246 e. The first-order valence-corrected chi connectivity index (χ1v) is 7.53. The summed E-state index contributed by atoms with van der Waals surface area (Å²) in [6.45, 7) is 8.11. The molecule has 1 N–H and O–H groups in total. The van der Waals surface area contributed by atoms with E-state index in [0.717, 1.165) is 6.42 Å². The van der Waals surface area contributed by atoms with Crippen LogP contribution in [0.5, 0.6) is 0 Å². The normalized spacial score (nSPS) is 36.5. The van der Waals surface area contributed by atoms with Gasteiger partial charge in [0.05, 0.1) is 6.10 Å². The first kappa shape index (κ1) is 15.3. The molecule has 20 heavy (non-hydrogen) atoms. The van der Waals surface area contributed by atoms with Crippen LogP contribution in [0.1, 0.15) is 47.0 Å². The van der Waals surface area contributed by atoms with Crippen molar-refractivity contribution in [1.82, 2.24) is 10.2 Å². The van der Waals surface area contributed by atoms with Crippen LogP contribution < -0.4 is 5.32 Å². The standard InChI is InChI=1S/C15H26N2O3/c1-6-9-14(19)17(10(7-2)13(18)16-9)11-8-12(20-5)15(11,3)4/h9-12H,6-8H2,1-5H3,(H,16,18). The number of rotatable bonds is 4. The highest BCUT2D eigenvalue weighted by Gasteiger charge is 2.56. The maximum atomic E-state index is 12.7. The molecule has 0 aromatic carbocycles. The molecule has 5 nitrogen and oxygen atoms in total. The highest BCUT2D eigenvalue weighted by molar-refractivity contribution is 5.97. The molecule has 1 saturated heterocycles. The van der Waals surface area contributed by atoms with Crippen LogP contribution in [-0.2, 0) is 14.3 Å². The minimum Gasteiger partial charge on any atom is -0.381 e. The fraction of sp³-hybridized carbons (Fsp3) is 0.867. The van der Waals surface area contributed by atoms with Gasteiger partial charge in [0.15, 0.2) is 0 Å². The molecular weight excluding hydrogens is 256 g/mol. The number of amides is 2. The molecule has 4 unspecified atom stereocenters. The van der Waals surface area contributed by atoms with Gasteiger partial charge in [0.25, 0.3) is 0 Å². The Labute approximate surface area is 121 Å². The number of nitrogens with one attached hydrogen (secondary N) is 1. The summed E-state index contributed by atoms with van der Waals surface area (Å²) < 4.78 is 5.47. The van der Waals surface area contributed by atoms with Gasteiger partial charge < -0.3 is 15.0 Å². The second-order valence-electron chi connectivity index (χ2n) is 6.44. The molecular formula is C15H26N2O3. The zero-order chi connectivity index (χ0) is 15.1. The lowest BCUT2D eigenvalue weighted by atomic mass is 9.63. The fourth-order valence-corrected chi connectivity index (χ4v) is 3.56. The first-order chi connectivity index (χ1) is 9.38. The topological polar surface area (TPSA) is 58.6 Å². The van der Waals surface area contributed by atoms with Gasteiger partial charge in [0.1, 0.15) is 12.1 Å². The molecule has 1 heterocycles. The molecule has 2 fully saturated rings. The summed E-state index contributed by atoms with van der Waals surface area (Å²) in [5, 5.41) is 2.84. The number of carbonyl (C=O) groups is 2. The Morgan fingerprint density at radius 1 is 1.30 bits per heavy atom. The van der Waals surface area contributed by atoms with Gasteiger partial charge in [-0.1, -0.05) is 27.7 Å². The van der Waals surface area contributed by atoms with Crippen molar-refractivity contribution in [3.8, 4) is 0 Å². The zero-order valence-corrected chi connectivity index (χ0v) is 13.1. The van der Waals surface area contributed by atoms with Crippen molar-refractivity contribution in [3.63, 3.8) is 0 Å². The molecule has 1 saturated carbocycles. The third kappa shape index (κ3) is 2.12. The third-order valence-electron chi connectivity index (χ3n) is 5.05. The van der Waals surface area contributed by atoms with Crippen LogP contribution in [0.3, 0.4) is 0 Å². The minimum atomic E-state index is -0.373. The molecule has 0 bridgehead atoms. The smallest absolute Gasteiger partial charge is 0.246 e. The lowest BCUT2D eigenvalue weighted by molar-refractivity contribution is -0.178. The summed E-state index contributed by atoms with van der Waals surface area (Å²) in [6.07, 6.45) is 2.26. The summed E-state index contributed by atoms with van der Waals surface area (Å²) in [5.74, 6) is 0.0437. The average molecular weight is 282 g/mol. The van der Waals surface area contributed by atoms with Crippen LogP contribution in [-0.4, -0.2) is 48.1 Å². The molecule has 1 aliphatic carbocycles. The first-order valence-electron chi connectivity index (χ1n) is 7.53. The van der Waals surface area contributed by atoms with E-state index in [0.29, 0.717) is 12.8 Å². The van der Waals surface area contributed by atoms with Gasteiger partial charge in [-0.05, 0) is 19.3 Å². The van der Waals surface area contributed by atoms with Crippen molar-refractivity contribution in [3.05, 3.63) is 0 Å². The summed E-state index contributed by atoms with van der Waals surface area (Å²) in [5.41, 5.74) is -0.103. The monoisotopic (exact) mass is 282 g/mol. The van der Waals surface area contributed by atoms with Gasteiger partial charge in [-0.3, -0.25) is 9.59 Å². The summed E-state index contributed by atoms with van der Waals surface area (Å²) in [7, 11) is 1.71. The molecule has 1 aliphatic heterocycles. The summed E-state index contributed by atoms with van der Waals surface area (Å²) in [6, 6.07) is -0.625. The molecule has 5 heteroatoms. The number of piperazine rings is 1. The van der Waals surface area contributed by atoms with Crippen molar-refractivity contribution in [2.24, 2.45) is 5.41 Å². The molecule has 2 amide bonds. The van der Waals surface area contributed by atoms with Gasteiger partial charge in [0.2, 0.25) is 11.8 Å². The van der Waals surface area contributed by atoms with Crippen LogP contribution in [0.2, 0.25) is 0 Å². The molecule has 0 aromatic heterocycles. The predicted molar refractivity (Wildman–Crippen MR) is 76.1 cm³/mol. The van der Waals surface area contributed by atoms with Crippen molar-refractivity contribution < 1.29 is 14.3 Å². The summed E-state index contributed by atoms with van der Waals surface area (Å²) in [4.78, 5) is 26.7. The van der Waals surface area contributed by atoms with E-state index < -0.39 is 0 Å². The Morgan fingerprint density at radius 2 is 1.95 bits per heavy atom. The zero-order valence-electron chi connectivity index (χ0n) is 13.1. The second-order valence-corrected chi connectivity index (χ2v) is 6.44. The van der Waals surface area contributed by atoms with E-state index >= 15 is 0 Å². The molecule has 2 rings (SSSR count). The Morgan fingerprint density at radius 3 is 2.40 bits per heavy atom. The van der Waals surface area contributed by atoms with E-state index in [-0.39, 0.29) is 41.5 Å². The van der Waals surface area contributed by atoms with Gasteiger partial charge in [-0.2, -0.15) is 0 Å². The Kier molecular flexibility index (Phi) is 4.09. The SMILES string of the molecule is CCC1NC(=O)C(CC)N(C2CC(OC)C2(C)C)C1=O. The Hall–Kier alpha value is -1.10. The number of carbonyl (C=O) groups excluding carboxylic acids is 2. The van der Waals surface area contributed by atoms with Crippen LogP contribution in [0.15, 0.2) is 0 Å². The maximum absolute atomic E-state index is 12.7. The van der Waals surface area contributed by atoms with E-state index in [4.69, 9.17) is 4.74 Å². The van der Waals surface area contributed by atoms with Gasteiger partial charge in [-0.25, -0.2) is 0 Å². The quantitative estimate of drug-likeness (QED) is 0.846. The number of hydrogen-bond acceptors (Lipinski definition) is 3. The van der Waals surface area contributed by atoms with Crippen molar-refractivity contribution in [2.45, 2.75) is 71.2 Å². The minimum absolute atomic E-state index is 0.0179. The van der Waals surface area contributed by atoms with Crippen LogP contribution in [0.25, 0.3) is 0 Å². The van der Waals surface area contributed by atoms with E-state index in [2.05, 4.69) is 19.2 Å². The highest BCUT2D eigenvalue weighted by Crippen LogP contribution is 2.47. The van der Waals surface area contributed by atoms with Crippen LogP contribution in [0, 0.1) is 5.41 Å². The lowest BCUT2D eigenvalue weighted by Gasteiger charge is -2.58. The van der Waals surface area contributed by atoms with Crippen LogP contribution in [0.4, 0.5) is 0 Å². The third-order valence-corrected chi connectivity index (χ3v) is 5.05. The molecule has 4 atom stereocenters. The van der Waals surface area contributed by atoms with Crippen molar-refractivity contribution in [1.29, 1.82) is 0 Å². The molecule has 0 radical (unpaired) electrons. The van der Waals surface area contributed by atoms with Gasteiger partial charge in [-0.15, -0.1) is 0 Å². The van der Waals surface area contributed by atoms with Crippen LogP contribution >= 0.6 is 0 Å². The Bertz CT molecular complexity index is 408. The van der Waals surface area contributed by atoms with Crippen molar-refractivity contribution in [2.75, 3.05) is 7.11 Å². The largest absolute Gasteiger partial charge is 0.381 e. The number of ether oxygens (including phenoxy) is 1. The van der Waals surface area contributed by atoms with Gasteiger partial charge in [0, 0.05) is 18.6 Å². The number of methoxy groups -OCH3 is 1. The van der Waals surface area contributed by atoms with Gasteiger partial charge >= 0.3 is 0 Å². The second kappa shape index (κ2) is 5.35. The Balaban J connectivity index is 2.26. The lowest BCUT2D eigenvalue weighted by Crippen LogP contribution is -2.72. The van der Waals surface area contributed by atoms with E-state index in [1.165, 1.54) is 0 Å². The molecule has 0 aromatic rings. The molecule has 0 spiro atoms. The molecule has 114 valence electrons. The predicted octanol–water partition coefficient (Wildman–Crippen LogP) is 1.32. The fourth-order valence-electron chi connectivity index (χ4n) is 3.56. The van der Waals surface area contributed by atoms with E-state index in [9.17, 15) is 9.59 Å². The average Bonchev–Trinajstić information content (AvgIpc) is 2.41. The summed E-state index contributed by atoms with van der Waals surface area (Å²) >= 11 is 0. The number of hydrogen-bond donors (Lipinski definition) is 1.